The highest BCUT2D eigenvalue weighted by atomic mass is 16.2. The lowest BCUT2D eigenvalue weighted by molar-refractivity contribution is -0.115. The zero-order valence-electron chi connectivity index (χ0n) is 10.6. The van der Waals surface area contributed by atoms with Crippen LogP contribution >= 0.6 is 0 Å². The number of anilines is 1. The van der Waals surface area contributed by atoms with E-state index >= 15 is 0 Å². The Labute approximate surface area is 107 Å². The molecule has 0 fully saturated rings. The van der Waals surface area contributed by atoms with E-state index in [1.165, 1.54) is 12.8 Å². The van der Waals surface area contributed by atoms with Gasteiger partial charge in [0.05, 0.1) is 6.20 Å². The SMILES string of the molecule is O=C(C1=CCCCCC1)N1CCCn2nccc21. The Morgan fingerprint density at radius 2 is 2.11 bits per heavy atom. The molecule has 1 amide bonds. The third kappa shape index (κ3) is 2.07. The summed E-state index contributed by atoms with van der Waals surface area (Å²) in [5, 5.41) is 4.26. The molecule has 0 bridgehead atoms. The second-order valence-corrected chi connectivity index (χ2v) is 5.05. The maximum atomic E-state index is 12.6. The van der Waals surface area contributed by atoms with Gasteiger partial charge < -0.3 is 0 Å². The van der Waals surface area contributed by atoms with Gasteiger partial charge in [0.15, 0.2) is 0 Å². The summed E-state index contributed by atoms with van der Waals surface area (Å²) < 4.78 is 1.93. The van der Waals surface area contributed by atoms with Crippen LogP contribution < -0.4 is 4.90 Å². The number of hydrogen-bond donors (Lipinski definition) is 0. The van der Waals surface area contributed by atoms with Gasteiger partial charge in [-0.3, -0.25) is 9.69 Å². The lowest BCUT2D eigenvalue weighted by Crippen LogP contribution is -2.38. The molecule has 4 nitrogen and oxygen atoms in total. The zero-order chi connectivity index (χ0) is 12.4. The first-order valence-electron chi connectivity index (χ1n) is 6.89. The van der Waals surface area contributed by atoms with Crippen molar-refractivity contribution in [1.82, 2.24) is 9.78 Å². The number of rotatable bonds is 1. The molecule has 18 heavy (non-hydrogen) atoms. The summed E-state index contributed by atoms with van der Waals surface area (Å²) in [7, 11) is 0. The quantitative estimate of drug-likeness (QED) is 0.762. The predicted molar refractivity (Wildman–Crippen MR) is 70.4 cm³/mol. The molecule has 96 valence electrons. The van der Waals surface area contributed by atoms with Crippen LogP contribution in [0.15, 0.2) is 23.9 Å². The summed E-state index contributed by atoms with van der Waals surface area (Å²) in [6.07, 6.45) is 10.5. The number of hydrogen-bond acceptors (Lipinski definition) is 2. The molecule has 1 aliphatic carbocycles. The summed E-state index contributed by atoms with van der Waals surface area (Å²) in [5.41, 5.74) is 1.00. The minimum absolute atomic E-state index is 0.193. The molecule has 2 aliphatic rings. The summed E-state index contributed by atoms with van der Waals surface area (Å²) >= 11 is 0. The summed E-state index contributed by atoms with van der Waals surface area (Å²) in [6.45, 7) is 1.74. The average molecular weight is 245 g/mol. The largest absolute Gasteiger partial charge is 0.293 e. The van der Waals surface area contributed by atoms with Gasteiger partial charge in [0.1, 0.15) is 5.82 Å². The van der Waals surface area contributed by atoms with Gasteiger partial charge in [0.2, 0.25) is 0 Å². The maximum absolute atomic E-state index is 12.6. The Hall–Kier alpha value is -1.58. The molecule has 0 unspecified atom stereocenters. The number of amides is 1. The van der Waals surface area contributed by atoms with E-state index in [4.69, 9.17) is 0 Å². The molecular weight excluding hydrogens is 226 g/mol. The monoisotopic (exact) mass is 245 g/mol. The lowest BCUT2D eigenvalue weighted by atomic mass is 10.1. The standard InChI is InChI=1S/C14H19N3O/c18-14(12-6-3-1-2-4-7-12)16-10-5-11-17-13(16)8-9-15-17/h6,8-9H,1-5,7,10-11H2. The Bertz CT molecular complexity index is 475. The van der Waals surface area contributed by atoms with Gasteiger partial charge >= 0.3 is 0 Å². The highest BCUT2D eigenvalue weighted by Gasteiger charge is 2.25. The van der Waals surface area contributed by atoms with Crippen LogP contribution in [0.1, 0.15) is 38.5 Å². The van der Waals surface area contributed by atoms with Crippen molar-refractivity contribution in [1.29, 1.82) is 0 Å². The minimum Gasteiger partial charge on any atom is -0.293 e. The first kappa shape index (κ1) is 11.5. The van der Waals surface area contributed by atoms with E-state index in [9.17, 15) is 4.79 Å². The van der Waals surface area contributed by atoms with Crippen molar-refractivity contribution in [3.05, 3.63) is 23.9 Å². The fraction of sp³-hybridized carbons (Fsp3) is 0.571. The van der Waals surface area contributed by atoms with Crippen molar-refractivity contribution in [2.24, 2.45) is 0 Å². The fourth-order valence-electron chi connectivity index (χ4n) is 2.81. The second kappa shape index (κ2) is 4.96. The van der Waals surface area contributed by atoms with Gasteiger partial charge in [-0.25, -0.2) is 4.68 Å². The van der Waals surface area contributed by atoms with Crippen LogP contribution in [0.3, 0.4) is 0 Å². The second-order valence-electron chi connectivity index (χ2n) is 5.05. The number of fused-ring (bicyclic) bond motifs is 1. The van der Waals surface area contributed by atoms with Crippen LogP contribution in [-0.2, 0) is 11.3 Å². The van der Waals surface area contributed by atoms with Crippen LogP contribution in [0.5, 0.6) is 0 Å². The molecule has 4 heteroatoms. The first-order valence-corrected chi connectivity index (χ1v) is 6.89. The van der Waals surface area contributed by atoms with Crippen molar-refractivity contribution in [2.45, 2.75) is 45.1 Å². The van der Waals surface area contributed by atoms with Crippen LogP contribution in [0.25, 0.3) is 0 Å². The minimum atomic E-state index is 0.193. The Morgan fingerprint density at radius 1 is 1.17 bits per heavy atom. The van der Waals surface area contributed by atoms with E-state index in [2.05, 4.69) is 11.2 Å². The van der Waals surface area contributed by atoms with E-state index in [1.54, 1.807) is 6.20 Å². The van der Waals surface area contributed by atoms with Gasteiger partial charge in [-0.15, -0.1) is 0 Å². The molecule has 0 saturated heterocycles. The van der Waals surface area contributed by atoms with E-state index in [-0.39, 0.29) is 5.91 Å². The Morgan fingerprint density at radius 3 is 3.06 bits per heavy atom. The number of aromatic nitrogens is 2. The van der Waals surface area contributed by atoms with Crippen molar-refractivity contribution in [2.75, 3.05) is 11.4 Å². The van der Waals surface area contributed by atoms with Crippen LogP contribution in [-0.4, -0.2) is 22.2 Å². The van der Waals surface area contributed by atoms with Crippen LogP contribution in [0.4, 0.5) is 5.82 Å². The van der Waals surface area contributed by atoms with Gasteiger partial charge in [-0.2, -0.15) is 5.10 Å². The summed E-state index contributed by atoms with van der Waals surface area (Å²) in [6, 6.07) is 1.94. The molecule has 0 saturated carbocycles. The third-order valence-electron chi connectivity index (χ3n) is 3.78. The number of carbonyl (C=O) groups is 1. The summed E-state index contributed by atoms with van der Waals surface area (Å²) in [5.74, 6) is 1.15. The number of carbonyl (C=O) groups excluding carboxylic acids is 1. The van der Waals surface area contributed by atoms with Gasteiger partial charge in [0.25, 0.3) is 5.91 Å². The summed E-state index contributed by atoms with van der Waals surface area (Å²) in [4.78, 5) is 14.5. The van der Waals surface area contributed by atoms with E-state index < -0.39 is 0 Å². The van der Waals surface area contributed by atoms with E-state index in [0.717, 1.165) is 50.2 Å². The number of aryl methyl sites for hydroxylation is 1. The molecule has 3 rings (SSSR count). The van der Waals surface area contributed by atoms with Crippen LogP contribution in [0.2, 0.25) is 0 Å². The van der Waals surface area contributed by atoms with E-state index in [1.807, 2.05) is 15.6 Å². The molecule has 0 spiro atoms. The van der Waals surface area contributed by atoms with Crippen molar-refractivity contribution in [3.8, 4) is 0 Å². The van der Waals surface area contributed by atoms with Gasteiger partial charge in [0, 0.05) is 24.7 Å². The van der Waals surface area contributed by atoms with Crippen molar-refractivity contribution < 1.29 is 4.79 Å². The smallest absolute Gasteiger partial charge is 0.255 e. The van der Waals surface area contributed by atoms with E-state index in [0.29, 0.717) is 0 Å². The average Bonchev–Trinajstić information content (AvgIpc) is 2.71. The van der Waals surface area contributed by atoms with Crippen molar-refractivity contribution in [3.63, 3.8) is 0 Å². The topological polar surface area (TPSA) is 38.1 Å². The molecule has 1 aliphatic heterocycles. The van der Waals surface area contributed by atoms with Crippen molar-refractivity contribution >= 4 is 11.7 Å². The number of nitrogens with zero attached hydrogens (tertiary/aromatic N) is 3. The Balaban J connectivity index is 1.83. The molecule has 1 aromatic rings. The van der Waals surface area contributed by atoms with Crippen LogP contribution in [0, 0.1) is 0 Å². The fourth-order valence-corrected chi connectivity index (χ4v) is 2.81. The molecule has 0 atom stereocenters. The predicted octanol–water partition coefficient (Wildman–Crippen LogP) is 2.51. The highest BCUT2D eigenvalue weighted by Crippen LogP contribution is 2.25. The van der Waals surface area contributed by atoms with Gasteiger partial charge in [-0.1, -0.05) is 12.5 Å². The maximum Gasteiger partial charge on any atom is 0.255 e. The first-order chi connectivity index (χ1) is 8.86. The normalized spacial score (nSPS) is 20.0. The molecule has 0 aromatic carbocycles. The Kier molecular flexibility index (Phi) is 3.17. The molecule has 0 radical (unpaired) electrons. The highest BCUT2D eigenvalue weighted by molar-refractivity contribution is 6.05. The molecule has 0 N–H and O–H groups in total. The number of allylic oxidation sites excluding steroid dienone is 1. The molecular formula is C14H19N3O. The molecule has 2 heterocycles. The molecule has 1 aromatic heterocycles. The lowest BCUT2D eigenvalue weighted by Gasteiger charge is -2.28. The van der Waals surface area contributed by atoms with Gasteiger partial charge in [-0.05, 0) is 32.1 Å². The third-order valence-corrected chi connectivity index (χ3v) is 3.78. The zero-order valence-corrected chi connectivity index (χ0v) is 10.6.